The van der Waals surface area contributed by atoms with Crippen LogP contribution in [0.5, 0.6) is 0 Å². The molecule has 0 fully saturated rings. The third kappa shape index (κ3) is 5.88. The summed E-state index contributed by atoms with van der Waals surface area (Å²) < 4.78 is 41.1. The van der Waals surface area contributed by atoms with Gasteiger partial charge in [0, 0.05) is 18.7 Å². The Morgan fingerprint density at radius 2 is 1.67 bits per heavy atom. The van der Waals surface area contributed by atoms with E-state index in [-0.39, 0.29) is 19.1 Å². The lowest BCUT2D eigenvalue weighted by Gasteiger charge is -2.09. The molecule has 128 valence electrons. The first-order valence-corrected chi connectivity index (χ1v) is 7.03. The van der Waals surface area contributed by atoms with Crippen LogP contribution in [0.1, 0.15) is 21.5 Å². The molecule has 24 heavy (non-hydrogen) atoms. The molecule has 0 atom stereocenters. The van der Waals surface area contributed by atoms with Gasteiger partial charge >= 0.3 is 6.18 Å². The van der Waals surface area contributed by atoms with Crippen LogP contribution in [0.15, 0.2) is 48.8 Å². The molecule has 1 amide bonds. The van der Waals surface area contributed by atoms with Gasteiger partial charge in [-0.05, 0) is 11.1 Å². The Hall–Kier alpha value is -2.61. The van der Waals surface area contributed by atoms with Crippen molar-refractivity contribution in [3.05, 3.63) is 70.7 Å². The summed E-state index contributed by atoms with van der Waals surface area (Å²) in [6.07, 6.45) is -1.89. The lowest BCUT2D eigenvalue weighted by atomic mass is 10.1. The van der Waals surface area contributed by atoms with E-state index in [1.54, 1.807) is 24.3 Å². The van der Waals surface area contributed by atoms with Crippen LogP contribution in [0.2, 0.25) is 0 Å². The number of ether oxygens (including phenoxy) is 1. The van der Waals surface area contributed by atoms with Gasteiger partial charge in [0.05, 0.1) is 12.2 Å². The Labute approximate surface area is 136 Å². The van der Waals surface area contributed by atoms with E-state index in [0.717, 1.165) is 5.56 Å². The number of pyridine rings is 1. The van der Waals surface area contributed by atoms with Crippen molar-refractivity contribution in [2.24, 2.45) is 0 Å². The Morgan fingerprint density at radius 3 is 2.25 bits per heavy atom. The SMILES string of the molecule is O=C(NCc1ccc(COCC(F)(F)F)cc1)c1cc[n+]([O-])cc1. The fraction of sp³-hybridized carbons (Fsp3) is 0.250. The van der Waals surface area contributed by atoms with Crippen LogP contribution in [0, 0.1) is 5.21 Å². The first-order chi connectivity index (χ1) is 11.3. The second kappa shape index (κ2) is 7.78. The highest BCUT2D eigenvalue weighted by molar-refractivity contribution is 5.93. The van der Waals surface area contributed by atoms with Crippen LogP contribution in [0.4, 0.5) is 13.2 Å². The van der Waals surface area contributed by atoms with Crippen molar-refractivity contribution in [1.29, 1.82) is 0 Å². The fourth-order valence-electron chi connectivity index (χ4n) is 1.89. The first-order valence-electron chi connectivity index (χ1n) is 7.03. The van der Waals surface area contributed by atoms with Crippen molar-refractivity contribution >= 4 is 5.91 Å². The highest BCUT2D eigenvalue weighted by Crippen LogP contribution is 2.15. The number of nitrogens with zero attached hydrogens (tertiary/aromatic N) is 1. The highest BCUT2D eigenvalue weighted by Gasteiger charge is 2.27. The van der Waals surface area contributed by atoms with E-state index in [2.05, 4.69) is 10.1 Å². The maximum Gasteiger partial charge on any atom is 0.411 e. The quantitative estimate of drug-likeness (QED) is 0.648. The molecule has 0 bridgehead atoms. The molecule has 1 aromatic carbocycles. The average Bonchev–Trinajstić information content (AvgIpc) is 2.53. The zero-order valence-electron chi connectivity index (χ0n) is 12.5. The summed E-state index contributed by atoms with van der Waals surface area (Å²) >= 11 is 0. The van der Waals surface area contributed by atoms with Crippen molar-refractivity contribution in [1.82, 2.24) is 5.32 Å². The predicted octanol–water partition coefficient (Wildman–Crippen LogP) is 2.33. The summed E-state index contributed by atoms with van der Waals surface area (Å²) in [5.41, 5.74) is 1.76. The number of aromatic nitrogens is 1. The Bertz CT molecular complexity index is 670. The first kappa shape index (κ1) is 17.7. The molecule has 0 saturated heterocycles. The lowest BCUT2D eigenvalue weighted by Crippen LogP contribution is -2.27. The molecule has 0 spiro atoms. The van der Waals surface area contributed by atoms with Gasteiger partial charge in [-0.1, -0.05) is 24.3 Å². The molecule has 0 radical (unpaired) electrons. The van der Waals surface area contributed by atoms with Crippen molar-refractivity contribution in [2.45, 2.75) is 19.3 Å². The van der Waals surface area contributed by atoms with Gasteiger partial charge in [-0.15, -0.1) is 0 Å². The van der Waals surface area contributed by atoms with Crippen molar-refractivity contribution in [3.8, 4) is 0 Å². The molecule has 0 aliphatic carbocycles. The topological polar surface area (TPSA) is 65.3 Å². The number of hydrogen-bond acceptors (Lipinski definition) is 3. The molecule has 1 aromatic heterocycles. The second-order valence-corrected chi connectivity index (χ2v) is 5.05. The maximum absolute atomic E-state index is 12.0. The van der Waals surface area contributed by atoms with Gasteiger partial charge in [0.25, 0.3) is 5.91 Å². The summed E-state index contributed by atoms with van der Waals surface area (Å²) in [6, 6.07) is 9.49. The van der Waals surface area contributed by atoms with Crippen LogP contribution >= 0.6 is 0 Å². The molecule has 8 heteroatoms. The predicted molar refractivity (Wildman–Crippen MR) is 78.7 cm³/mol. The van der Waals surface area contributed by atoms with Gasteiger partial charge < -0.3 is 15.3 Å². The summed E-state index contributed by atoms with van der Waals surface area (Å²) in [6.45, 7) is -1.16. The van der Waals surface area contributed by atoms with E-state index in [1.807, 2.05) is 0 Å². The molecule has 0 aliphatic rings. The fourth-order valence-corrected chi connectivity index (χ4v) is 1.89. The van der Waals surface area contributed by atoms with Crippen molar-refractivity contribution in [3.63, 3.8) is 0 Å². The summed E-state index contributed by atoms with van der Waals surface area (Å²) in [4.78, 5) is 11.9. The summed E-state index contributed by atoms with van der Waals surface area (Å²) in [5.74, 6) is -0.326. The standard InChI is InChI=1S/C16H15F3N2O3/c17-16(18,19)11-24-10-13-3-1-12(2-4-13)9-20-15(22)14-5-7-21(23)8-6-14/h1-8H,9-11H2,(H,20,22). The Balaban J connectivity index is 1.81. The molecular weight excluding hydrogens is 325 g/mol. The van der Waals surface area contributed by atoms with Gasteiger partial charge in [0.2, 0.25) is 0 Å². The monoisotopic (exact) mass is 340 g/mol. The smallest absolute Gasteiger partial charge is 0.411 e. The maximum atomic E-state index is 12.0. The molecule has 0 aliphatic heterocycles. The molecule has 1 heterocycles. The third-order valence-electron chi connectivity index (χ3n) is 3.07. The number of hydrogen-bond donors (Lipinski definition) is 1. The van der Waals surface area contributed by atoms with Crippen LogP contribution in [0.25, 0.3) is 0 Å². The molecule has 2 rings (SSSR count). The number of carbonyl (C=O) groups is 1. The van der Waals surface area contributed by atoms with E-state index < -0.39 is 12.8 Å². The van der Waals surface area contributed by atoms with E-state index in [1.165, 1.54) is 24.5 Å². The highest BCUT2D eigenvalue weighted by atomic mass is 19.4. The molecule has 5 nitrogen and oxygen atoms in total. The minimum Gasteiger partial charge on any atom is -0.619 e. The van der Waals surface area contributed by atoms with Gasteiger partial charge in [0.15, 0.2) is 12.4 Å². The van der Waals surface area contributed by atoms with Gasteiger partial charge in [0.1, 0.15) is 6.61 Å². The van der Waals surface area contributed by atoms with Gasteiger partial charge in [-0.2, -0.15) is 17.9 Å². The largest absolute Gasteiger partial charge is 0.619 e. The number of nitrogens with one attached hydrogen (secondary N) is 1. The van der Waals surface area contributed by atoms with Crippen molar-refractivity contribution in [2.75, 3.05) is 6.61 Å². The van der Waals surface area contributed by atoms with Crippen LogP contribution in [-0.4, -0.2) is 18.7 Å². The third-order valence-corrected chi connectivity index (χ3v) is 3.07. The van der Waals surface area contributed by atoms with E-state index >= 15 is 0 Å². The van der Waals surface area contributed by atoms with Crippen LogP contribution < -0.4 is 10.0 Å². The molecule has 2 aromatic rings. The normalized spacial score (nSPS) is 11.3. The summed E-state index contributed by atoms with van der Waals surface area (Å²) in [7, 11) is 0. The van der Waals surface area contributed by atoms with Crippen LogP contribution in [-0.2, 0) is 17.9 Å². The lowest BCUT2D eigenvalue weighted by molar-refractivity contribution is -0.605. The van der Waals surface area contributed by atoms with E-state index in [0.29, 0.717) is 15.9 Å². The zero-order chi connectivity index (χ0) is 17.6. The zero-order valence-corrected chi connectivity index (χ0v) is 12.5. The number of alkyl halides is 3. The Kier molecular flexibility index (Phi) is 5.75. The number of amides is 1. The number of rotatable bonds is 6. The number of benzene rings is 1. The Morgan fingerprint density at radius 1 is 1.08 bits per heavy atom. The number of carbonyl (C=O) groups excluding carboxylic acids is 1. The second-order valence-electron chi connectivity index (χ2n) is 5.05. The molecular formula is C16H15F3N2O3. The van der Waals surface area contributed by atoms with Crippen LogP contribution in [0.3, 0.4) is 0 Å². The van der Waals surface area contributed by atoms with Crippen molar-refractivity contribution < 1.29 is 27.4 Å². The average molecular weight is 340 g/mol. The minimum atomic E-state index is -4.34. The molecule has 1 N–H and O–H groups in total. The van der Waals surface area contributed by atoms with Gasteiger partial charge in [-0.3, -0.25) is 4.79 Å². The van der Waals surface area contributed by atoms with Gasteiger partial charge in [-0.25, -0.2) is 0 Å². The molecule has 0 saturated carbocycles. The molecule has 0 unspecified atom stereocenters. The van der Waals surface area contributed by atoms with E-state index in [9.17, 15) is 23.2 Å². The minimum absolute atomic E-state index is 0.134. The number of halogens is 3. The van der Waals surface area contributed by atoms with E-state index in [4.69, 9.17) is 0 Å². The summed E-state index contributed by atoms with van der Waals surface area (Å²) in [5, 5.41) is 13.6.